The van der Waals surface area contributed by atoms with Crippen LogP contribution in [0.25, 0.3) is 0 Å². The van der Waals surface area contributed by atoms with E-state index in [1.807, 2.05) is 28.5 Å². The van der Waals surface area contributed by atoms with E-state index in [0.717, 1.165) is 24.5 Å². The molecule has 1 amide bonds. The molecule has 0 spiro atoms. The first-order valence-electron chi connectivity index (χ1n) is 8.49. The molecule has 1 unspecified atom stereocenters. The van der Waals surface area contributed by atoms with Gasteiger partial charge < -0.3 is 15.5 Å². The second kappa shape index (κ2) is 7.72. The first-order chi connectivity index (χ1) is 11.7. The number of thiazole rings is 1. The normalized spacial score (nSPS) is 25.9. The summed E-state index contributed by atoms with van der Waals surface area (Å²) in [7, 11) is 0. The van der Waals surface area contributed by atoms with Crippen LogP contribution in [0.5, 0.6) is 0 Å². The maximum atomic E-state index is 13.1. The largest absolute Gasteiger partial charge is 0.339 e. The van der Waals surface area contributed by atoms with Crippen LogP contribution >= 0.6 is 23.7 Å². The van der Waals surface area contributed by atoms with E-state index in [9.17, 15) is 4.79 Å². The summed E-state index contributed by atoms with van der Waals surface area (Å²) >= 11 is 1.60. The van der Waals surface area contributed by atoms with E-state index in [1.54, 1.807) is 17.5 Å². The predicted octanol–water partition coefficient (Wildman–Crippen LogP) is 2.49. The molecule has 4 rings (SSSR count). The highest BCUT2D eigenvalue weighted by Crippen LogP contribution is 2.31. The van der Waals surface area contributed by atoms with E-state index in [4.69, 9.17) is 5.73 Å². The van der Waals surface area contributed by atoms with Crippen molar-refractivity contribution in [3.63, 3.8) is 0 Å². The average molecular weight is 379 g/mol. The van der Waals surface area contributed by atoms with Crippen molar-refractivity contribution in [1.29, 1.82) is 0 Å². The Bertz CT molecular complexity index is 696. The highest BCUT2D eigenvalue weighted by atomic mass is 35.5. The molecule has 7 heteroatoms. The van der Waals surface area contributed by atoms with E-state index >= 15 is 0 Å². The van der Waals surface area contributed by atoms with Crippen molar-refractivity contribution in [1.82, 2.24) is 9.88 Å². The maximum absolute atomic E-state index is 13.1. The van der Waals surface area contributed by atoms with Gasteiger partial charge in [0.2, 0.25) is 5.91 Å². The van der Waals surface area contributed by atoms with Crippen LogP contribution < -0.4 is 10.6 Å². The number of nitrogens with two attached hydrogens (primary N) is 1. The lowest BCUT2D eigenvalue weighted by atomic mass is 9.95. The highest BCUT2D eigenvalue weighted by molar-refractivity contribution is 7.13. The van der Waals surface area contributed by atoms with Gasteiger partial charge in [0.05, 0.1) is 0 Å². The quantitative estimate of drug-likeness (QED) is 0.891. The SMILES string of the molecule is Cl.N[C@@H]1CN(C(=O)C2CCCN2c2nccs2)C[C@H]1c1ccccc1. The van der Waals surface area contributed by atoms with Crippen LogP contribution in [0.3, 0.4) is 0 Å². The molecule has 2 N–H and O–H groups in total. The van der Waals surface area contributed by atoms with E-state index in [-0.39, 0.29) is 36.3 Å². The molecule has 1 aromatic heterocycles. The van der Waals surface area contributed by atoms with Crippen LogP contribution in [0.2, 0.25) is 0 Å². The first kappa shape index (κ1) is 18.2. The van der Waals surface area contributed by atoms with Gasteiger partial charge in [0.1, 0.15) is 6.04 Å². The number of carbonyl (C=O) groups excluding carboxylic acids is 1. The molecule has 5 nitrogen and oxygen atoms in total. The molecule has 0 aliphatic carbocycles. The molecule has 2 aromatic rings. The van der Waals surface area contributed by atoms with Gasteiger partial charge in [-0.2, -0.15) is 0 Å². The summed E-state index contributed by atoms with van der Waals surface area (Å²) in [4.78, 5) is 21.6. The minimum Gasteiger partial charge on any atom is -0.339 e. The molecule has 0 saturated carbocycles. The van der Waals surface area contributed by atoms with Gasteiger partial charge in [0.25, 0.3) is 0 Å². The van der Waals surface area contributed by atoms with Gasteiger partial charge in [-0.1, -0.05) is 30.3 Å². The lowest BCUT2D eigenvalue weighted by Crippen LogP contribution is -2.45. The van der Waals surface area contributed by atoms with Crippen LogP contribution in [-0.4, -0.2) is 47.5 Å². The number of likely N-dealkylation sites (tertiary alicyclic amines) is 1. The van der Waals surface area contributed by atoms with Crippen molar-refractivity contribution >= 4 is 34.8 Å². The molecule has 3 heterocycles. The van der Waals surface area contributed by atoms with E-state index in [2.05, 4.69) is 22.0 Å². The molecule has 0 radical (unpaired) electrons. The number of rotatable bonds is 3. The van der Waals surface area contributed by atoms with Crippen molar-refractivity contribution in [3.05, 3.63) is 47.5 Å². The monoisotopic (exact) mass is 378 g/mol. The van der Waals surface area contributed by atoms with Crippen LogP contribution in [0, 0.1) is 0 Å². The summed E-state index contributed by atoms with van der Waals surface area (Å²) in [5.74, 6) is 0.432. The molecule has 2 saturated heterocycles. The van der Waals surface area contributed by atoms with Gasteiger partial charge in [-0.25, -0.2) is 4.98 Å². The maximum Gasteiger partial charge on any atom is 0.245 e. The summed E-state index contributed by atoms with van der Waals surface area (Å²) in [5.41, 5.74) is 7.57. The number of hydrogen-bond donors (Lipinski definition) is 1. The summed E-state index contributed by atoms with van der Waals surface area (Å²) in [5, 5.41) is 2.92. The number of nitrogens with zero attached hydrogens (tertiary/aromatic N) is 3. The molecule has 25 heavy (non-hydrogen) atoms. The third-order valence-corrected chi connectivity index (χ3v) is 5.92. The topological polar surface area (TPSA) is 62.5 Å². The minimum absolute atomic E-state index is 0. The predicted molar refractivity (Wildman–Crippen MR) is 103 cm³/mol. The average Bonchev–Trinajstić information content (AvgIpc) is 3.34. The Morgan fingerprint density at radius 2 is 2.04 bits per heavy atom. The Morgan fingerprint density at radius 1 is 1.24 bits per heavy atom. The lowest BCUT2D eigenvalue weighted by Gasteiger charge is -2.27. The van der Waals surface area contributed by atoms with Crippen LogP contribution in [0.1, 0.15) is 24.3 Å². The lowest BCUT2D eigenvalue weighted by molar-refractivity contribution is -0.131. The Kier molecular flexibility index (Phi) is 5.61. The smallest absolute Gasteiger partial charge is 0.245 e. The molecule has 3 atom stereocenters. The van der Waals surface area contributed by atoms with Crippen molar-refractivity contribution in [2.75, 3.05) is 24.5 Å². The number of aromatic nitrogens is 1. The summed E-state index contributed by atoms with van der Waals surface area (Å²) in [6.45, 7) is 2.26. The van der Waals surface area contributed by atoms with Crippen molar-refractivity contribution in [2.24, 2.45) is 5.73 Å². The zero-order valence-corrected chi connectivity index (χ0v) is 15.6. The fourth-order valence-electron chi connectivity index (χ4n) is 3.88. The van der Waals surface area contributed by atoms with E-state index in [1.165, 1.54) is 5.56 Å². The Morgan fingerprint density at radius 3 is 2.76 bits per heavy atom. The Balaban J connectivity index is 0.00000182. The van der Waals surface area contributed by atoms with Crippen LogP contribution in [0.4, 0.5) is 5.13 Å². The van der Waals surface area contributed by atoms with Gasteiger partial charge in [-0.05, 0) is 18.4 Å². The Hall–Kier alpha value is -1.63. The minimum atomic E-state index is -0.0853. The van der Waals surface area contributed by atoms with Gasteiger partial charge in [-0.15, -0.1) is 23.7 Å². The highest BCUT2D eigenvalue weighted by Gasteiger charge is 2.40. The second-order valence-electron chi connectivity index (χ2n) is 6.59. The van der Waals surface area contributed by atoms with Crippen LogP contribution in [-0.2, 0) is 4.79 Å². The van der Waals surface area contributed by atoms with Crippen molar-refractivity contribution < 1.29 is 4.79 Å². The number of benzene rings is 1. The molecule has 1 aromatic carbocycles. The fraction of sp³-hybridized carbons (Fsp3) is 0.444. The van der Waals surface area contributed by atoms with Crippen molar-refractivity contribution in [2.45, 2.75) is 30.8 Å². The third kappa shape index (κ3) is 3.52. The summed E-state index contributed by atoms with van der Waals surface area (Å²) in [6, 6.07) is 10.2. The second-order valence-corrected chi connectivity index (χ2v) is 7.46. The molecular weight excluding hydrogens is 356 g/mol. The van der Waals surface area contributed by atoms with Gasteiger partial charge in [-0.3, -0.25) is 4.79 Å². The number of carbonyl (C=O) groups is 1. The zero-order chi connectivity index (χ0) is 16.5. The van der Waals surface area contributed by atoms with Gasteiger partial charge >= 0.3 is 0 Å². The third-order valence-electron chi connectivity index (χ3n) is 5.11. The molecular formula is C18H23ClN4OS. The molecule has 134 valence electrons. The van der Waals surface area contributed by atoms with Gasteiger partial charge in [0.15, 0.2) is 5.13 Å². The summed E-state index contributed by atoms with van der Waals surface area (Å²) < 4.78 is 0. The Labute approximate surface area is 158 Å². The van der Waals surface area contributed by atoms with Crippen molar-refractivity contribution in [3.8, 4) is 0 Å². The van der Waals surface area contributed by atoms with E-state index in [0.29, 0.717) is 13.1 Å². The summed E-state index contributed by atoms with van der Waals surface area (Å²) in [6.07, 6.45) is 3.75. The molecule has 2 fully saturated rings. The number of halogens is 1. The first-order valence-corrected chi connectivity index (χ1v) is 9.37. The molecule has 2 aliphatic heterocycles. The number of anilines is 1. The van der Waals surface area contributed by atoms with E-state index < -0.39 is 0 Å². The number of amides is 1. The standard InChI is InChI=1S/C18H22N4OS.ClH/c19-15-12-21(11-14(15)13-5-2-1-3-6-13)17(23)16-7-4-9-22(16)18-20-8-10-24-18;/h1-3,5-6,8,10,14-16H,4,7,9,11-12,19H2;1H/t14-,15+,16?;/m0./s1. The number of hydrogen-bond acceptors (Lipinski definition) is 5. The fourth-order valence-corrected chi connectivity index (χ4v) is 4.60. The van der Waals surface area contributed by atoms with Crippen LogP contribution in [0.15, 0.2) is 41.9 Å². The molecule has 0 bridgehead atoms. The zero-order valence-electron chi connectivity index (χ0n) is 14.0. The molecule has 2 aliphatic rings. The van der Waals surface area contributed by atoms with Gasteiger partial charge in [0, 0.05) is 43.2 Å².